The second kappa shape index (κ2) is 8.71. The van der Waals surface area contributed by atoms with Gasteiger partial charge in [0.1, 0.15) is 16.4 Å². The van der Waals surface area contributed by atoms with E-state index in [-0.39, 0.29) is 17.7 Å². The first-order chi connectivity index (χ1) is 12.2. The molecule has 0 bridgehead atoms. The Balaban J connectivity index is 1.99. The lowest BCUT2D eigenvalue weighted by atomic mass is 9.86. The second-order valence-electron chi connectivity index (χ2n) is 7.66. The third-order valence-electron chi connectivity index (χ3n) is 4.21. The molecule has 0 saturated carbocycles. The van der Waals surface area contributed by atoms with Gasteiger partial charge in [-0.2, -0.15) is 0 Å². The Morgan fingerprint density at radius 3 is 2.65 bits per heavy atom. The molecule has 2 unspecified atom stereocenters. The number of hydrogen-bond donors (Lipinski definition) is 0. The van der Waals surface area contributed by atoms with E-state index in [4.69, 9.17) is 4.74 Å². The molecule has 0 aliphatic heterocycles. The molecule has 2 rings (SSSR count). The highest BCUT2D eigenvalue weighted by Crippen LogP contribution is 2.30. The minimum absolute atomic E-state index is 0.146. The number of pyridine rings is 1. The van der Waals surface area contributed by atoms with E-state index < -0.39 is 5.60 Å². The first-order valence-corrected chi connectivity index (χ1v) is 9.77. The van der Waals surface area contributed by atoms with Crippen LogP contribution in [0.15, 0.2) is 24.7 Å². The molecule has 0 amide bonds. The number of aromatic nitrogens is 2. The molecule has 6 heteroatoms. The van der Waals surface area contributed by atoms with Crippen molar-refractivity contribution in [3.05, 3.63) is 35.4 Å². The highest BCUT2D eigenvalue weighted by molar-refractivity contribution is 7.15. The molecule has 0 radical (unpaired) electrons. The highest BCUT2D eigenvalue weighted by Gasteiger charge is 2.24. The van der Waals surface area contributed by atoms with E-state index in [2.05, 4.69) is 23.8 Å². The summed E-state index contributed by atoms with van der Waals surface area (Å²) in [5.74, 6) is 0.0701. The minimum atomic E-state index is -0.454. The van der Waals surface area contributed by atoms with Gasteiger partial charge in [-0.25, -0.2) is 9.37 Å². The average molecular weight is 379 g/mol. The molecule has 26 heavy (non-hydrogen) atoms. The van der Waals surface area contributed by atoms with Gasteiger partial charge in [0.05, 0.1) is 6.20 Å². The van der Waals surface area contributed by atoms with Gasteiger partial charge in [0.2, 0.25) is 0 Å². The summed E-state index contributed by atoms with van der Waals surface area (Å²) in [5, 5.41) is 0.763. The van der Waals surface area contributed by atoms with E-state index in [0.29, 0.717) is 17.9 Å². The molecule has 0 saturated heterocycles. The zero-order valence-corrected chi connectivity index (χ0v) is 16.9. The van der Waals surface area contributed by atoms with Gasteiger partial charge in [0, 0.05) is 29.3 Å². The van der Waals surface area contributed by atoms with Crippen molar-refractivity contribution in [2.45, 2.75) is 59.5 Å². The molecule has 0 aromatic carbocycles. The number of thiazole rings is 1. The maximum absolute atomic E-state index is 13.3. The van der Waals surface area contributed by atoms with Crippen LogP contribution in [-0.4, -0.2) is 21.5 Å². The van der Waals surface area contributed by atoms with Crippen LogP contribution < -0.4 is 0 Å². The molecule has 2 atom stereocenters. The summed E-state index contributed by atoms with van der Waals surface area (Å²) < 4.78 is 18.8. The molecule has 0 aliphatic carbocycles. The van der Waals surface area contributed by atoms with Crippen molar-refractivity contribution in [1.82, 2.24) is 9.97 Å². The van der Waals surface area contributed by atoms with Crippen LogP contribution in [0.5, 0.6) is 0 Å². The number of ether oxygens (including phenoxy) is 1. The topological polar surface area (TPSA) is 52.1 Å². The van der Waals surface area contributed by atoms with E-state index >= 15 is 0 Å². The monoisotopic (exact) mass is 378 g/mol. The first kappa shape index (κ1) is 20.5. The van der Waals surface area contributed by atoms with Crippen molar-refractivity contribution < 1.29 is 13.9 Å². The fraction of sp³-hybridized carbons (Fsp3) is 0.550. The van der Waals surface area contributed by atoms with E-state index in [1.165, 1.54) is 12.3 Å². The van der Waals surface area contributed by atoms with Gasteiger partial charge in [0.25, 0.3) is 0 Å². The molecule has 2 aromatic heterocycles. The van der Waals surface area contributed by atoms with Crippen LogP contribution in [-0.2, 0) is 16.0 Å². The molecule has 4 nitrogen and oxygen atoms in total. The predicted molar refractivity (Wildman–Crippen MR) is 102 cm³/mol. The average Bonchev–Trinajstić information content (AvgIpc) is 2.99. The third kappa shape index (κ3) is 6.16. The van der Waals surface area contributed by atoms with Crippen molar-refractivity contribution >= 4 is 17.3 Å². The highest BCUT2D eigenvalue weighted by atomic mass is 32.1. The smallest absolute Gasteiger partial charge is 0.306 e. The SMILES string of the molecule is CCC(CC(=O)OC(C)(C)C)C(C)Cc1cnc(-c2cncc(F)c2)s1. The van der Waals surface area contributed by atoms with E-state index in [1.54, 1.807) is 17.5 Å². The zero-order valence-electron chi connectivity index (χ0n) is 16.1. The number of halogens is 1. The van der Waals surface area contributed by atoms with Crippen LogP contribution in [0.25, 0.3) is 10.6 Å². The molecule has 0 aliphatic rings. The Hall–Kier alpha value is -1.82. The van der Waals surface area contributed by atoms with Gasteiger partial charge in [-0.05, 0) is 45.1 Å². The molecular weight excluding hydrogens is 351 g/mol. The van der Waals surface area contributed by atoms with Crippen LogP contribution in [0.2, 0.25) is 0 Å². The Morgan fingerprint density at radius 2 is 2.04 bits per heavy atom. The molecule has 0 N–H and O–H groups in total. The van der Waals surface area contributed by atoms with Crippen LogP contribution in [0.3, 0.4) is 0 Å². The maximum Gasteiger partial charge on any atom is 0.306 e. The Kier molecular flexibility index (Phi) is 6.87. The summed E-state index contributed by atoms with van der Waals surface area (Å²) in [5.41, 5.74) is 0.235. The fourth-order valence-electron chi connectivity index (χ4n) is 2.89. The van der Waals surface area contributed by atoms with Crippen LogP contribution in [0.4, 0.5) is 4.39 Å². The lowest BCUT2D eigenvalue weighted by Crippen LogP contribution is -2.27. The van der Waals surface area contributed by atoms with Gasteiger partial charge in [-0.15, -0.1) is 11.3 Å². The van der Waals surface area contributed by atoms with Crippen molar-refractivity contribution in [3.63, 3.8) is 0 Å². The van der Waals surface area contributed by atoms with E-state index in [9.17, 15) is 9.18 Å². The number of hydrogen-bond acceptors (Lipinski definition) is 5. The fourth-order valence-corrected chi connectivity index (χ4v) is 3.93. The van der Waals surface area contributed by atoms with Gasteiger partial charge < -0.3 is 4.74 Å². The standard InChI is InChI=1S/C20H27FN2O2S/c1-6-14(9-18(24)25-20(3,4)5)13(2)7-17-12-23-19(26-17)15-8-16(21)11-22-10-15/h8,10-14H,6-7,9H2,1-5H3. The summed E-state index contributed by atoms with van der Waals surface area (Å²) >= 11 is 1.55. The Morgan fingerprint density at radius 1 is 1.31 bits per heavy atom. The van der Waals surface area contributed by atoms with Crippen molar-refractivity contribution in [2.24, 2.45) is 11.8 Å². The van der Waals surface area contributed by atoms with Crippen LogP contribution >= 0.6 is 11.3 Å². The molecule has 142 valence electrons. The second-order valence-corrected chi connectivity index (χ2v) is 8.78. The summed E-state index contributed by atoms with van der Waals surface area (Å²) in [6.45, 7) is 9.91. The van der Waals surface area contributed by atoms with Crippen molar-refractivity contribution in [2.75, 3.05) is 0 Å². The zero-order chi connectivity index (χ0) is 19.3. The number of esters is 1. The summed E-state index contributed by atoms with van der Waals surface area (Å²) in [6.07, 6.45) is 6.81. The third-order valence-corrected chi connectivity index (χ3v) is 5.28. The Bertz CT molecular complexity index is 739. The quantitative estimate of drug-likeness (QED) is 0.615. The molecule has 0 spiro atoms. The summed E-state index contributed by atoms with van der Waals surface area (Å²) in [6, 6.07) is 1.44. The van der Waals surface area contributed by atoms with Gasteiger partial charge >= 0.3 is 5.97 Å². The van der Waals surface area contributed by atoms with Gasteiger partial charge in [0.15, 0.2) is 0 Å². The molecule has 2 aromatic rings. The van der Waals surface area contributed by atoms with Crippen molar-refractivity contribution in [1.29, 1.82) is 0 Å². The maximum atomic E-state index is 13.3. The number of rotatable bonds is 7. The molecule has 0 fully saturated rings. The normalized spacial score (nSPS) is 14.1. The summed E-state index contributed by atoms with van der Waals surface area (Å²) in [7, 11) is 0. The first-order valence-electron chi connectivity index (χ1n) is 8.95. The molecule has 2 heterocycles. The lowest BCUT2D eigenvalue weighted by molar-refractivity contribution is -0.156. The van der Waals surface area contributed by atoms with Gasteiger partial charge in [-0.1, -0.05) is 20.3 Å². The summed E-state index contributed by atoms with van der Waals surface area (Å²) in [4.78, 5) is 21.5. The van der Waals surface area contributed by atoms with E-state index in [0.717, 1.165) is 22.7 Å². The van der Waals surface area contributed by atoms with Crippen LogP contribution in [0, 0.1) is 17.7 Å². The number of nitrogens with zero attached hydrogens (tertiary/aromatic N) is 2. The van der Waals surface area contributed by atoms with E-state index in [1.807, 2.05) is 27.0 Å². The predicted octanol–water partition coefficient (Wildman–Crippen LogP) is 5.28. The van der Waals surface area contributed by atoms with Gasteiger partial charge in [-0.3, -0.25) is 9.78 Å². The lowest BCUT2D eigenvalue weighted by Gasteiger charge is -2.24. The number of carbonyl (C=O) groups is 1. The minimum Gasteiger partial charge on any atom is -0.460 e. The van der Waals surface area contributed by atoms with Crippen molar-refractivity contribution in [3.8, 4) is 10.6 Å². The Labute approximate surface area is 158 Å². The van der Waals surface area contributed by atoms with Crippen LogP contribution in [0.1, 0.15) is 52.3 Å². The molecular formula is C20H27FN2O2S. The number of carbonyl (C=O) groups excluding carboxylic acids is 1. The largest absolute Gasteiger partial charge is 0.460 e.